The van der Waals surface area contributed by atoms with Crippen molar-refractivity contribution in [3.63, 3.8) is 0 Å². The van der Waals surface area contributed by atoms with Gasteiger partial charge in [-0.25, -0.2) is 0 Å². The summed E-state index contributed by atoms with van der Waals surface area (Å²) in [5, 5.41) is 12.5. The third-order valence-electron chi connectivity index (χ3n) is 5.16. The second-order valence-corrected chi connectivity index (χ2v) is 7.88. The fourth-order valence-corrected chi connectivity index (χ4v) is 4.19. The predicted octanol–water partition coefficient (Wildman–Crippen LogP) is 4.00. The highest BCUT2D eigenvalue weighted by atomic mass is 32.1. The van der Waals surface area contributed by atoms with E-state index in [0.717, 1.165) is 30.0 Å². The molecule has 2 amide bonds. The number of nitrogens with zero attached hydrogens (tertiary/aromatic N) is 3. The van der Waals surface area contributed by atoms with Gasteiger partial charge in [-0.3, -0.25) is 9.59 Å². The van der Waals surface area contributed by atoms with Gasteiger partial charge >= 0.3 is 0 Å². The van der Waals surface area contributed by atoms with Crippen LogP contribution in [0.2, 0.25) is 0 Å². The Hall–Kier alpha value is -2.28. The van der Waals surface area contributed by atoms with Gasteiger partial charge in [0.05, 0.1) is 0 Å². The van der Waals surface area contributed by atoms with Crippen molar-refractivity contribution in [3.8, 4) is 0 Å². The highest BCUT2D eigenvalue weighted by Crippen LogP contribution is 2.34. The fraction of sp³-hybridized carbons (Fsp3) is 0.500. The average Bonchev–Trinajstić information content (AvgIpc) is 3.29. The molecular weight excluding hydrogens is 360 g/mol. The Labute approximate surface area is 164 Å². The standard InChI is InChI=1S/C20H26N4O2S/c1-4-13-7-9-16(10-8-13)24-12-15(11-17(24)25)19-22-23-20(27-19)21-18(26)14(5-2)6-3/h7-10,14-15H,4-6,11-12H2,1-3H3,(H,21,23,26). The van der Waals surface area contributed by atoms with Crippen molar-refractivity contribution in [2.75, 3.05) is 16.8 Å². The lowest BCUT2D eigenvalue weighted by Gasteiger charge is -2.16. The number of hydrogen-bond acceptors (Lipinski definition) is 5. The van der Waals surface area contributed by atoms with Crippen LogP contribution >= 0.6 is 11.3 Å². The Bertz CT molecular complexity index is 799. The van der Waals surface area contributed by atoms with Gasteiger partial charge in [-0.05, 0) is 37.0 Å². The average molecular weight is 387 g/mol. The van der Waals surface area contributed by atoms with E-state index in [9.17, 15) is 9.59 Å². The highest BCUT2D eigenvalue weighted by molar-refractivity contribution is 7.15. The summed E-state index contributed by atoms with van der Waals surface area (Å²) in [5.74, 6) is 0.0940. The van der Waals surface area contributed by atoms with Gasteiger partial charge in [-0.1, -0.05) is 44.2 Å². The molecule has 1 aromatic carbocycles. The second-order valence-electron chi connectivity index (χ2n) is 6.87. The normalized spacial score (nSPS) is 17.0. The highest BCUT2D eigenvalue weighted by Gasteiger charge is 2.34. The van der Waals surface area contributed by atoms with Crippen LogP contribution in [0.4, 0.5) is 10.8 Å². The maximum absolute atomic E-state index is 12.5. The van der Waals surface area contributed by atoms with Gasteiger partial charge < -0.3 is 10.2 Å². The van der Waals surface area contributed by atoms with Crippen LogP contribution in [0, 0.1) is 5.92 Å². The molecule has 1 atom stereocenters. The van der Waals surface area contributed by atoms with E-state index in [4.69, 9.17) is 0 Å². The monoisotopic (exact) mass is 386 g/mol. The molecule has 1 fully saturated rings. The largest absolute Gasteiger partial charge is 0.312 e. The van der Waals surface area contributed by atoms with Crippen LogP contribution in [0.3, 0.4) is 0 Å². The summed E-state index contributed by atoms with van der Waals surface area (Å²) < 4.78 is 0. The molecule has 6 nitrogen and oxygen atoms in total. The summed E-state index contributed by atoms with van der Waals surface area (Å²) in [6.45, 7) is 6.72. The first-order valence-electron chi connectivity index (χ1n) is 9.59. The molecule has 1 N–H and O–H groups in total. The van der Waals surface area contributed by atoms with Gasteiger partial charge in [0.1, 0.15) is 5.01 Å². The molecule has 1 aromatic heterocycles. The van der Waals surface area contributed by atoms with Crippen LogP contribution in [0.15, 0.2) is 24.3 Å². The molecule has 0 radical (unpaired) electrons. The maximum atomic E-state index is 12.5. The molecular formula is C20H26N4O2S. The minimum absolute atomic E-state index is 0.00741. The number of anilines is 2. The molecule has 7 heteroatoms. The molecule has 27 heavy (non-hydrogen) atoms. The third-order valence-corrected chi connectivity index (χ3v) is 6.16. The van der Waals surface area contributed by atoms with Gasteiger partial charge in [-0.15, -0.1) is 10.2 Å². The Morgan fingerprint density at radius 1 is 1.22 bits per heavy atom. The van der Waals surface area contributed by atoms with Crippen molar-refractivity contribution >= 4 is 34.0 Å². The van der Waals surface area contributed by atoms with Gasteiger partial charge in [0, 0.05) is 30.5 Å². The predicted molar refractivity (Wildman–Crippen MR) is 108 cm³/mol. The van der Waals surface area contributed by atoms with Crippen molar-refractivity contribution in [1.82, 2.24) is 10.2 Å². The zero-order valence-electron chi connectivity index (χ0n) is 16.1. The summed E-state index contributed by atoms with van der Waals surface area (Å²) in [7, 11) is 0. The van der Waals surface area contributed by atoms with Crippen LogP contribution in [-0.4, -0.2) is 28.6 Å². The van der Waals surface area contributed by atoms with Gasteiger partial charge in [0.15, 0.2) is 0 Å². The number of hydrogen-bond donors (Lipinski definition) is 1. The summed E-state index contributed by atoms with van der Waals surface area (Å²) >= 11 is 1.37. The third kappa shape index (κ3) is 4.35. The molecule has 0 bridgehead atoms. The molecule has 1 aliphatic rings. The molecule has 1 unspecified atom stereocenters. The lowest BCUT2D eigenvalue weighted by molar-refractivity contribution is -0.120. The number of benzene rings is 1. The van der Waals surface area contributed by atoms with E-state index >= 15 is 0 Å². The molecule has 0 saturated carbocycles. The fourth-order valence-electron chi connectivity index (χ4n) is 3.35. The van der Waals surface area contributed by atoms with Gasteiger partial charge in [0.25, 0.3) is 0 Å². The maximum Gasteiger partial charge on any atom is 0.229 e. The first kappa shape index (κ1) is 19.5. The smallest absolute Gasteiger partial charge is 0.229 e. The topological polar surface area (TPSA) is 75.2 Å². The van der Waals surface area contributed by atoms with Crippen LogP contribution in [0.25, 0.3) is 0 Å². The van der Waals surface area contributed by atoms with Crippen molar-refractivity contribution in [3.05, 3.63) is 34.8 Å². The molecule has 0 aliphatic carbocycles. The zero-order chi connectivity index (χ0) is 19.4. The van der Waals surface area contributed by atoms with Crippen molar-refractivity contribution in [2.45, 2.75) is 52.4 Å². The van der Waals surface area contributed by atoms with Gasteiger partial charge in [0.2, 0.25) is 16.9 Å². The van der Waals surface area contributed by atoms with Crippen molar-refractivity contribution in [2.24, 2.45) is 5.92 Å². The Morgan fingerprint density at radius 2 is 1.93 bits per heavy atom. The number of nitrogens with one attached hydrogen (secondary N) is 1. The Balaban J connectivity index is 1.66. The Morgan fingerprint density at radius 3 is 2.56 bits per heavy atom. The summed E-state index contributed by atoms with van der Waals surface area (Å²) in [6, 6.07) is 8.12. The van der Waals surface area contributed by atoms with Crippen LogP contribution < -0.4 is 10.2 Å². The molecule has 3 rings (SSSR count). The molecule has 2 aromatic rings. The van der Waals surface area contributed by atoms with E-state index in [0.29, 0.717) is 18.1 Å². The molecule has 1 aliphatic heterocycles. The number of aromatic nitrogens is 2. The van der Waals surface area contributed by atoms with E-state index in [2.05, 4.69) is 34.6 Å². The van der Waals surface area contributed by atoms with Gasteiger partial charge in [-0.2, -0.15) is 0 Å². The van der Waals surface area contributed by atoms with Crippen LogP contribution in [0.1, 0.15) is 56.5 Å². The molecule has 2 heterocycles. The van der Waals surface area contributed by atoms with E-state index < -0.39 is 0 Å². The number of carbonyl (C=O) groups excluding carboxylic acids is 2. The summed E-state index contributed by atoms with van der Waals surface area (Å²) in [5.41, 5.74) is 2.18. The SMILES string of the molecule is CCc1ccc(N2CC(c3nnc(NC(=O)C(CC)CC)s3)CC2=O)cc1. The molecule has 0 spiro atoms. The number of rotatable bonds is 7. The number of carbonyl (C=O) groups is 2. The summed E-state index contributed by atoms with van der Waals surface area (Å²) in [4.78, 5) is 26.5. The van der Waals surface area contributed by atoms with E-state index in [1.165, 1.54) is 16.9 Å². The first-order chi connectivity index (χ1) is 13.0. The van der Waals surface area contributed by atoms with Crippen molar-refractivity contribution in [1.29, 1.82) is 0 Å². The van der Waals surface area contributed by atoms with E-state index in [-0.39, 0.29) is 23.7 Å². The quantitative estimate of drug-likeness (QED) is 0.780. The van der Waals surface area contributed by atoms with Crippen molar-refractivity contribution < 1.29 is 9.59 Å². The number of aryl methyl sites for hydroxylation is 1. The minimum Gasteiger partial charge on any atom is -0.312 e. The number of amides is 2. The minimum atomic E-state index is -0.0113. The zero-order valence-corrected chi connectivity index (χ0v) is 16.9. The molecule has 1 saturated heterocycles. The van der Waals surface area contributed by atoms with Crippen LogP contribution in [0.5, 0.6) is 0 Å². The van der Waals surface area contributed by atoms with E-state index in [1.54, 1.807) is 0 Å². The molecule has 144 valence electrons. The lowest BCUT2D eigenvalue weighted by atomic mass is 10.0. The lowest BCUT2D eigenvalue weighted by Crippen LogP contribution is -2.24. The second kappa shape index (κ2) is 8.61. The Kier molecular flexibility index (Phi) is 6.21. The van der Waals surface area contributed by atoms with Crippen LogP contribution in [-0.2, 0) is 16.0 Å². The first-order valence-corrected chi connectivity index (χ1v) is 10.4. The van der Waals surface area contributed by atoms with E-state index in [1.807, 2.05) is 30.9 Å². The summed E-state index contributed by atoms with van der Waals surface area (Å²) in [6.07, 6.45) is 3.01.